The smallest absolute Gasteiger partial charge is 0.156 e. The summed E-state index contributed by atoms with van der Waals surface area (Å²) >= 11 is 0. The SMILES string of the molecule is CNC1CCC(S(=O)(=O)C(C)C(C)C)C1. The summed E-state index contributed by atoms with van der Waals surface area (Å²) in [6, 6.07) is 0.393. The lowest BCUT2D eigenvalue weighted by atomic mass is 10.2. The van der Waals surface area contributed by atoms with Gasteiger partial charge in [0.15, 0.2) is 9.84 Å². The zero-order valence-electron chi connectivity index (χ0n) is 10.2. The molecule has 0 amide bonds. The van der Waals surface area contributed by atoms with E-state index in [0.717, 1.165) is 19.3 Å². The Morgan fingerprint density at radius 1 is 1.20 bits per heavy atom. The molecule has 1 N–H and O–H groups in total. The molecular formula is C11H23NO2S. The fraction of sp³-hybridized carbons (Fsp3) is 1.00. The molecule has 3 atom stereocenters. The van der Waals surface area contributed by atoms with E-state index < -0.39 is 9.84 Å². The number of rotatable bonds is 4. The summed E-state index contributed by atoms with van der Waals surface area (Å²) in [7, 11) is -1.01. The molecule has 0 spiro atoms. The molecule has 1 aliphatic carbocycles. The molecule has 1 rings (SSSR count). The van der Waals surface area contributed by atoms with Crippen molar-refractivity contribution in [2.45, 2.75) is 56.6 Å². The summed E-state index contributed by atoms with van der Waals surface area (Å²) in [5, 5.41) is 2.84. The van der Waals surface area contributed by atoms with Gasteiger partial charge in [0, 0.05) is 6.04 Å². The van der Waals surface area contributed by atoms with Crippen molar-refractivity contribution in [1.29, 1.82) is 0 Å². The van der Waals surface area contributed by atoms with Crippen molar-refractivity contribution < 1.29 is 8.42 Å². The Labute approximate surface area is 93.6 Å². The van der Waals surface area contributed by atoms with E-state index in [9.17, 15) is 8.42 Å². The summed E-state index contributed by atoms with van der Waals surface area (Å²) in [4.78, 5) is 0. The van der Waals surface area contributed by atoms with Crippen LogP contribution >= 0.6 is 0 Å². The first-order valence-corrected chi connectivity index (χ1v) is 7.40. The lowest BCUT2D eigenvalue weighted by Crippen LogP contribution is -2.33. The molecule has 0 aromatic heterocycles. The van der Waals surface area contributed by atoms with Crippen LogP contribution in [0.2, 0.25) is 0 Å². The van der Waals surface area contributed by atoms with E-state index in [4.69, 9.17) is 0 Å². The third-order valence-electron chi connectivity index (χ3n) is 3.71. The van der Waals surface area contributed by atoms with E-state index in [2.05, 4.69) is 5.32 Å². The largest absolute Gasteiger partial charge is 0.317 e. The highest BCUT2D eigenvalue weighted by atomic mass is 32.2. The Hall–Kier alpha value is -0.0900. The van der Waals surface area contributed by atoms with E-state index in [1.54, 1.807) is 0 Å². The average Bonchev–Trinajstić information content (AvgIpc) is 2.65. The molecule has 1 aliphatic rings. The van der Waals surface area contributed by atoms with Gasteiger partial charge in [0.05, 0.1) is 10.5 Å². The standard InChI is InChI=1S/C11H23NO2S/c1-8(2)9(3)15(13,14)11-6-5-10(7-11)12-4/h8-12H,5-7H2,1-4H3. The summed E-state index contributed by atoms with van der Waals surface area (Å²) in [6.45, 7) is 5.80. The number of sulfone groups is 1. The monoisotopic (exact) mass is 233 g/mol. The predicted molar refractivity (Wildman–Crippen MR) is 63.7 cm³/mol. The van der Waals surface area contributed by atoms with Crippen LogP contribution in [0.3, 0.4) is 0 Å². The molecule has 3 unspecified atom stereocenters. The maximum absolute atomic E-state index is 12.2. The zero-order valence-corrected chi connectivity index (χ0v) is 11.0. The van der Waals surface area contributed by atoms with Gasteiger partial charge in [-0.3, -0.25) is 0 Å². The van der Waals surface area contributed by atoms with Crippen LogP contribution in [0.15, 0.2) is 0 Å². The first-order valence-electron chi connectivity index (χ1n) is 5.79. The molecule has 0 aromatic rings. The minimum absolute atomic E-state index is 0.118. The first kappa shape index (κ1) is 13.0. The molecule has 1 fully saturated rings. The predicted octanol–water partition coefficient (Wildman–Crippen LogP) is 1.59. The summed E-state index contributed by atoms with van der Waals surface area (Å²) in [5.74, 6) is 0.212. The Morgan fingerprint density at radius 3 is 2.20 bits per heavy atom. The third-order valence-corrected chi connectivity index (χ3v) is 6.65. The van der Waals surface area contributed by atoms with Crippen LogP contribution in [0.25, 0.3) is 0 Å². The van der Waals surface area contributed by atoms with E-state index >= 15 is 0 Å². The molecule has 15 heavy (non-hydrogen) atoms. The van der Waals surface area contributed by atoms with Gasteiger partial charge in [-0.1, -0.05) is 13.8 Å². The van der Waals surface area contributed by atoms with Crippen molar-refractivity contribution in [1.82, 2.24) is 5.32 Å². The van der Waals surface area contributed by atoms with Gasteiger partial charge in [-0.15, -0.1) is 0 Å². The number of hydrogen-bond donors (Lipinski definition) is 1. The fourth-order valence-electron chi connectivity index (χ4n) is 2.18. The van der Waals surface area contributed by atoms with Crippen molar-refractivity contribution in [3.05, 3.63) is 0 Å². The maximum atomic E-state index is 12.2. The fourth-order valence-corrected chi connectivity index (χ4v) is 4.51. The highest BCUT2D eigenvalue weighted by molar-refractivity contribution is 7.92. The molecular weight excluding hydrogens is 210 g/mol. The molecule has 0 bridgehead atoms. The molecule has 0 radical (unpaired) electrons. The minimum Gasteiger partial charge on any atom is -0.317 e. The molecule has 0 saturated heterocycles. The van der Waals surface area contributed by atoms with Crippen molar-refractivity contribution >= 4 is 9.84 Å². The van der Waals surface area contributed by atoms with Gasteiger partial charge in [-0.2, -0.15) is 0 Å². The Bertz CT molecular complexity index is 298. The van der Waals surface area contributed by atoms with E-state index in [1.165, 1.54) is 0 Å². The third kappa shape index (κ3) is 2.72. The van der Waals surface area contributed by atoms with E-state index in [0.29, 0.717) is 6.04 Å². The van der Waals surface area contributed by atoms with Gasteiger partial charge in [0.25, 0.3) is 0 Å². The highest BCUT2D eigenvalue weighted by Crippen LogP contribution is 2.29. The van der Waals surface area contributed by atoms with Gasteiger partial charge in [-0.05, 0) is 39.2 Å². The second kappa shape index (κ2) is 4.83. The van der Waals surface area contributed by atoms with Crippen molar-refractivity contribution in [3.8, 4) is 0 Å². The minimum atomic E-state index is -2.92. The topological polar surface area (TPSA) is 46.2 Å². The van der Waals surface area contributed by atoms with Gasteiger partial charge < -0.3 is 5.32 Å². The van der Waals surface area contributed by atoms with Gasteiger partial charge in [-0.25, -0.2) is 8.42 Å². The van der Waals surface area contributed by atoms with Gasteiger partial charge in [0.2, 0.25) is 0 Å². The second-order valence-electron chi connectivity index (χ2n) is 4.96. The van der Waals surface area contributed by atoms with Crippen molar-refractivity contribution in [3.63, 3.8) is 0 Å². The van der Waals surface area contributed by atoms with Crippen molar-refractivity contribution in [2.24, 2.45) is 5.92 Å². The van der Waals surface area contributed by atoms with Gasteiger partial charge in [0.1, 0.15) is 0 Å². The highest BCUT2D eigenvalue weighted by Gasteiger charge is 2.37. The summed E-state index contributed by atoms with van der Waals surface area (Å²) in [5.41, 5.74) is 0. The van der Waals surface area contributed by atoms with Crippen LogP contribution in [-0.4, -0.2) is 32.0 Å². The average molecular weight is 233 g/mol. The first-order chi connectivity index (χ1) is 6.89. The summed E-state index contributed by atoms with van der Waals surface area (Å²) in [6.07, 6.45) is 2.60. The lowest BCUT2D eigenvalue weighted by molar-refractivity contribution is 0.527. The van der Waals surface area contributed by atoms with Gasteiger partial charge >= 0.3 is 0 Å². The number of hydrogen-bond acceptors (Lipinski definition) is 3. The van der Waals surface area contributed by atoms with Crippen LogP contribution in [0.5, 0.6) is 0 Å². The quantitative estimate of drug-likeness (QED) is 0.802. The van der Waals surface area contributed by atoms with Crippen molar-refractivity contribution in [2.75, 3.05) is 7.05 Å². The lowest BCUT2D eigenvalue weighted by Gasteiger charge is -2.21. The molecule has 3 nitrogen and oxygen atoms in total. The van der Waals surface area contributed by atoms with Crippen LogP contribution in [-0.2, 0) is 9.84 Å². The molecule has 0 heterocycles. The van der Waals surface area contributed by atoms with E-state index in [1.807, 2.05) is 27.8 Å². The van der Waals surface area contributed by atoms with Crippen LogP contribution in [0, 0.1) is 5.92 Å². The normalized spacial score (nSPS) is 29.7. The Kier molecular flexibility index (Phi) is 4.18. The molecule has 90 valence electrons. The maximum Gasteiger partial charge on any atom is 0.156 e. The summed E-state index contributed by atoms with van der Waals surface area (Å²) < 4.78 is 24.4. The molecule has 0 aliphatic heterocycles. The van der Waals surface area contributed by atoms with Crippen LogP contribution in [0.4, 0.5) is 0 Å². The molecule has 0 aromatic carbocycles. The Morgan fingerprint density at radius 2 is 1.80 bits per heavy atom. The van der Waals surface area contributed by atoms with Crippen LogP contribution in [0.1, 0.15) is 40.0 Å². The second-order valence-corrected chi connectivity index (χ2v) is 7.55. The zero-order chi connectivity index (χ0) is 11.6. The Balaban J connectivity index is 2.72. The van der Waals surface area contributed by atoms with E-state index in [-0.39, 0.29) is 16.4 Å². The van der Waals surface area contributed by atoms with Crippen LogP contribution < -0.4 is 5.32 Å². The molecule has 4 heteroatoms. The number of nitrogens with one attached hydrogen (secondary N) is 1. The molecule has 1 saturated carbocycles.